The van der Waals surface area contributed by atoms with Gasteiger partial charge in [-0.05, 0) is 30.3 Å². The van der Waals surface area contributed by atoms with Gasteiger partial charge in [0.25, 0.3) is 0 Å². The molecule has 2 aromatic carbocycles. The zero-order chi connectivity index (χ0) is 16.8. The van der Waals surface area contributed by atoms with Crippen molar-refractivity contribution in [2.24, 2.45) is 5.73 Å². The van der Waals surface area contributed by atoms with Gasteiger partial charge < -0.3 is 5.73 Å². The van der Waals surface area contributed by atoms with Crippen molar-refractivity contribution in [1.29, 1.82) is 0 Å². The molecule has 23 heavy (non-hydrogen) atoms. The lowest BCUT2D eigenvalue weighted by Crippen LogP contribution is -2.43. The van der Waals surface area contributed by atoms with Crippen LogP contribution in [0.15, 0.2) is 54.6 Å². The van der Waals surface area contributed by atoms with Gasteiger partial charge in [0.1, 0.15) is 6.04 Å². The second-order valence-corrected chi connectivity index (χ2v) is 5.65. The van der Waals surface area contributed by atoms with E-state index in [1.807, 2.05) is 53.4 Å². The van der Waals surface area contributed by atoms with E-state index in [0.717, 1.165) is 11.1 Å². The van der Waals surface area contributed by atoms with E-state index in [1.165, 1.54) is 0 Å². The van der Waals surface area contributed by atoms with E-state index in [2.05, 4.69) is 5.32 Å². The van der Waals surface area contributed by atoms with Crippen LogP contribution < -0.4 is 11.1 Å². The second-order valence-electron chi connectivity index (χ2n) is 5.21. The monoisotopic (exact) mass is 331 g/mol. The molecule has 1 atom stereocenters. The van der Waals surface area contributed by atoms with Gasteiger partial charge in [-0.3, -0.25) is 15.0 Å². The number of benzene rings is 2. The molecular weight excluding hydrogens is 314 g/mol. The van der Waals surface area contributed by atoms with Crippen LogP contribution >= 0.6 is 11.6 Å². The van der Waals surface area contributed by atoms with Crippen LogP contribution in [-0.2, 0) is 11.3 Å². The Morgan fingerprint density at radius 2 is 1.87 bits per heavy atom. The molecule has 0 aliphatic heterocycles. The lowest BCUT2D eigenvalue weighted by atomic mass is 10.0. The number of nitrogens with one attached hydrogen (secondary N) is 1. The number of nitrogens with two attached hydrogens (primary N) is 1. The molecule has 5 nitrogen and oxygen atoms in total. The Morgan fingerprint density at radius 3 is 2.48 bits per heavy atom. The number of carbonyl (C=O) groups excluding carboxylic acids is 2. The zero-order valence-electron chi connectivity index (χ0n) is 12.7. The van der Waals surface area contributed by atoms with Gasteiger partial charge in [0.05, 0.1) is 0 Å². The molecule has 0 heterocycles. The number of imide groups is 1. The fourth-order valence-corrected chi connectivity index (χ4v) is 2.66. The molecule has 0 saturated carbocycles. The normalized spacial score (nSPS) is 12.0. The third-order valence-corrected chi connectivity index (χ3v) is 3.61. The Morgan fingerprint density at radius 1 is 1.17 bits per heavy atom. The van der Waals surface area contributed by atoms with Gasteiger partial charge in [-0.15, -0.1) is 0 Å². The minimum Gasteiger partial charge on any atom is -0.351 e. The number of hydrogen-bond donors (Lipinski definition) is 2. The minimum atomic E-state index is -0.868. The quantitative estimate of drug-likeness (QED) is 0.884. The van der Waals surface area contributed by atoms with Crippen LogP contribution in [0.3, 0.4) is 0 Å². The topological polar surface area (TPSA) is 75.4 Å². The van der Waals surface area contributed by atoms with Gasteiger partial charge in [-0.25, -0.2) is 4.79 Å². The van der Waals surface area contributed by atoms with E-state index < -0.39 is 18.0 Å². The molecule has 0 saturated heterocycles. The summed E-state index contributed by atoms with van der Waals surface area (Å²) in [6.07, 6.45) is 0. The Labute approximate surface area is 140 Å². The molecule has 120 valence electrons. The second kappa shape index (κ2) is 7.76. The summed E-state index contributed by atoms with van der Waals surface area (Å²) < 4.78 is 0. The van der Waals surface area contributed by atoms with Crippen molar-refractivity contribution in [1.82, 2.24) is 10.2 Å². The third-order valence-electron chi connectivity index (χ3n) is 3.37. The van der Waals surface area contributed by atoms with Gasteiger partial charge in [0, 0.05) is 11.6 Å². The summed E-state index contributed by atoms with van der Waals surface area (Å²) in [5.41, 5.74) is 6.81. The summed E-state index contributed by atoms with van der Waals surface area (Å²) in [5, 5.41) is 2.78. The molecule has 0 aromatic heterocycles. The highest BCUT2D eigenvalue weighted by Crippen LogP contribution is 2.22. The van der Waals surface area contributed by atoms with Crippen molar-refractivity contribution >= 4 is 23.5 Å². The van der Waals surface area contributed by atoms with E-state index in [0.29, 0.717) is 11.6 Å². The van der Waals surface area contributed by atoms with Gasteiger partial charge >= 0.3 is 6.03 Å². The first-order chi connectivity index (χ1) is 11.0. The van der Waals surface area contributed by atoms with E-state index in [-0.39, 0.29) is 0 Å². The molecule has 6 heteroatoms. The van der Waals surface area contributed by atoms with Gasteiger partial charge in [-0.1, -0.05) is 54.1 Å². The van der Waals surface area contributed by atoms with Gasteiger partial charge in [0.15, 0.2) is 0 Å². The summed E-state index contributed by atoms with van der Waals surface area (Å²) in [5.74, 6) is -0.465. The Balaban J connectivity index is 2.25. The smallest absolute Gasteiger partial charge is 0.318 e. The average Bonchev–Trinajstić information content (AvgIpc) is 2.47. The van der Waals surface area contributed by atoms with E-state index in [4.69, 9.17) is 17.3 Å². The average molecular weight is 332 g/mol. The first-order valence-electron chi connectivity index (χ1n) is 7.07. The summed E-state index contributed by atoms with van der Waals surface area (Å²) in [7, 11) is 1.80. The van der Waals surface area contributed by atoms with Crippen LogP contribution in [0.25, 0.3) is 0 Å². The fourth-order valence-electron chi connectivity index (χ4n) is 2.45. The molecule has 0 spiro atoms. The van der Waals surface area contributed by atoms with Crippen LogP contribution in [-0.4, -0.2) is 23.9 Å². The lowest BCUT2D eigenvalue weighted by Gasteiger charge is -2.27. The maximum Gasteiger partial charge on any atom is 0.318 e. The summed E-state index contributed by atoms with van der Waals surface area (Å²) >= 11 is 6.00. The first kappa shape index (κ1) is 17.0. The number of primary amides is 1. The van der Waals surface area contributed by atoms with Crippen LogP contribution in [0.4, 0.5) is 4.79 Å². The van der Waals surface area contributed by atoms with Crippen molar-refractivity contribution in [2.75, 3.05) is 7.05 Å². The molecule has 0 aliphatic rings. The Hall–Kier alpha value is -2.37. The maximum absolute atomic E-state index is 12.4. The van der Waals surface area contributed by atoms with Gasteiger partial charge in [0.2, 0.25) is 5.91 Å². The number of amides is 3. The summed E-state index contributed by atoms with van der Waals surface area (Å²) in [6.45, 7) is 0.492. The van der Waals surface area contributed by atoms with E-state index in [9.17, 15) is 9.59 Å². The number of rotatable bonds is 5. The van der Waals surface area contributed by atoms with Crippen LogP contribution in [0, 0.1) is 0 Å². The highest BCUT2D eigenvalue weighted by molar-refractivity contribution is 6.30. The SMILES string of the molecule is CN(Cc1cccc(Cl)c1)C(C(=O)NC(N)=O)c1ccccc1. The number of carbonyl (C=O) groups is 2. The molecule has 2 aromatic rings. The predicted molar refractivity (Wildman–Crippen MR) is 89.8 cm³/mol. The molecule has 0 aliphatic carbocycles. The minimum absolute atomic E-state index is 0.465. The largest absolute Gasteiger partial charge is 0.351 e. The molecule has 3 amide bonds. The molecule has 3 N–H and O–H groups in total. The Bertz CT molecular complexity index is 691. The number of likely N-dealkylation sites (N-methyl/N-ethyl adjacent to an activating group) is 1. The van der Waals surface area contributed by atoms with Crippen LogP contribution in [0.1, 0.15) is 17.2 Å². The van der Waals surface area contributed by atoms with E-state index in [1.54, 1.807) is 13.1 Å². The van der Waals surface area contributed by atoms with Crippen molar-refractivity contribution in [3.05, 3.63) is 70.7 Å². The molecule has 0 fully saturated rings. The van der Waals surface area contributed by atoms with Crippen molar-refractivity contribution in [2.45, 2.75) is 12.6 Å². The highest BCUT2D eigenvalue weighted by Gasteiger charge is 2.26. The number of hydrogen-bond acceptors (Lipinski definition) is 3. The standard InChI is InChI=1S/C17H18ClN3O2/c1-21(11-12-6-5-9-14(18)10-12)15(16(22)20-17(19)23)13-7-3-2-4-8-13/h2-10,15H,11H2,1H3,(H3,19,20,22,23). The third kappa shape index (κ3) is 4.81. The van der Waals surface area contributed by atoms with Crippen LogP contribution in [0.2, 0.25) is 5.02 Å². The van der Waals surface area contributed by atoms with E-state index >= 15 is 0 Å². The fraction of sp³-hybridized carbons (Fsp3) is 0.176. The van der Waals surface area contributed by atoms with Crippen molar-refractivity contribution in [3.8, 4) is 0 Å². The molecule has 1 unspecified atom stereocenters. The molecule has 2 rings (SSSR count). The first-order valence-corrected chi connectivity index (χ1v) is 7.45. The predicted octanol–water partition coefficient (Wildman–Crippen LogP) is 2.71. The molecule has 0 radical (unpaired) electrons. The highest BCUT2D eigenvalue weighted by atomic mass is 35.5. The zero-order valence-corrected chi connectivity index (χ0v) is 13.5. The van der Waals surface area contributed by atoms with Crippen molar-refractivity contribution < 1.29 is 9.59 Å². The molecular formula is C17H18ClN3O2. The Kier molecular flexibility index (Phi) is 5.73. The number of urea groups is 1. The summed E-state index contributed by atoms with van der Waals surface area (Å²) in [6, 6.07) is 15.1. The lowest BCUT2D eigenvalue weighted by molar-refractivity contribution is -0.125. The number of nitrogens with zero attached hydrogens (tertiary/aromatic N) is 1. The number of halogens is 1. The van der Waals surface area contributed by atoms with Crippen LogP contribution in [0.5, 0.6) is 0 Å². The van der Waals surface area contributed by atoms with Gasteiger partial charge in [-0.2, -0.15) is 0 Å². The van der Waals surface area contributed by atoms with Crippen molar-refractivity contribution in [3.63, 3.8) is 0 Å². The maximum atomic E-state index is 12.4. The summed E-state index contributed by atoms with van der Waals surface area (Å²) in [4.78, 5) is 25.2. The molecule has 0 bridgehead atoms.